The molecule has 4 nitrogen and oxygen atoms in total. The third-order valence-corrected chi connectivity index (χ3v) is 2.65. The molecule has 0 aromatic heterocycles. The number of carboxylic acid groups (broad SMARTS) is 2. The lowest BCUT2D eigenvalue weighted by Gasteiger charge is -2.16. The van der Waals surface area contributed by atoms with Crippen LogP contribution in [0.4, 0.5) is 0 Å². The molecule has 0 aliphatic heterocycles. The van der Waals surface area contributed by atoms with Gasteiger partial charge in [0.1, 0.15) is 0 Å². The fourth-order valence-corrected chi connectivity index (χ4v) is 1.90. The van der Waals surface area contributed by atoms with Crippen molar-refractivity contribution in [2.24, 2.45) is 11.8 Å². The van der Waals surface area contributed by atoms with Crippen LogP contribution in [0.3, 0.4) is 0 Å². The first-order valence-corrected chi connectivity index (χ1v) is 4.58. The molecular weight excluding hydrogens is 172 g/mol. The van der Waals surface area contributed by atoms with E-state index in [9.17, 15) is 9.59 Å². The van der Waals surface area contributed by atoms with Gasteiger partial charge in [-0.2, -0.15) is 0 Å². The van der Waals surface area contributed by atoms with Gasteiger partial charge in [-0.15, -0.1) is 0 Å². The quantitative estimate of drug-likeness (QED) is 0.638. The summed E-state index contributed by atoms with van der Waals surface area (Å²) in [6.07, 6.45) is 3.63. The van der Waals surface area contributed by atoms with Gasteiger partial charge in [0.2, 0.25) is 0 Å². The fraction of sp³-hybridized carbons (Fsp3) is 0.778. The molecule has 4 heteroatoms. The highest BCUT2D eigenvalue weighted by Crippen LogP contribution is 2.29. The van der Waals surface area contributed by atoms with Gasteiger partial charge in [-0.25, -0.2) is 0 Å². The Morgan fingerprint density at radius 2 is 1.23 bits per heavy atom. The van der Waals surface area contributed by atoms with Gasteiger partial charge in [0, 0.05) is 0 Å². The first-order chi connectivity index (χ1) is 6.13. The Morgan fingerprint density at radius 3 is 1.54 bits per heavy atom. The van der Waals surface area contributed by atoms with E-state index in [0.29, 0.717) is 12.8 Å². The van der Waals surface area contributed by atoms with E-state index >= 15 is 0 Å². The van der Waals surface area contributed by atoms with E-state index in [2.05, 4.69) is 0 Å². The molecule has 0 aromatic rings. The van der Waals surface area contributed by atoms with Gasteiger partial charge in [-0.3, -0.25) is 9.59 Å². The van der Waals surface area contributed by atoms with Gasteiger partial charge in [0.25, 0.3) is 0 Å². The first kappa shape index (κ1) is 10.0. The average molecular weight is 186 g/mol. The van der Waals surface area contributed by atoms with Crippen molar-refractivity contribution in [1.29, 1.82) is 0 Å². The predicted molar refractivity (Wildman–Crippen MR) is 45.3 cm³/mol. The molecule has 1 rings (SSSR count). The maximum Gasteiger partial charge on any atom is 0.307 e. The van der Waals surface area contributed by atoms with Crippen molar-refractivity contribution in [3.05, 3.63) is 0 Å². The molecular formula is C9H14O4. The minimum atomic E-state index is -0.964. The van der Waals surface area contributed by atoms with Gasteiger partial charge in [0.15, 0.2) is 0 Å². The lowest BCUT2D eigenvalue weighted by molar-refractivity contribution is -0.154. The second-order valence-electron chi connectivity index (χ2n) is 3.53. The van der Waals surface area contributed by atoms with Crippen LogP contribution in [0.5, 0.6) is 0 Å². The summed E-state index contributed by atoms with van der Waals surface area (Å²) < 4.78 is 0. The van der Waals surface area contributed by atoms with E-state index in [1.165, 1.54) is 0 Å². The van der Waals surface area contributed by atoms with E-state index in [1.807, 2.05) is 0 Å². The third kappa shape index (κ3) is 2.44. The number of carbonyl (C=O) groups is 2. The second kappa shape index (κ2) is 4.25. The molecule has 0 bridgehead atoms. The first-order valence-electron chi connectivity index (χ1n) is 4.58. The van der Waals surface area contributed by atoms with E-state index < -0.39 is 23.8 Å². The lowest BCUT2D eigenvalue weighted by atomic mass is 9.88. The van der Waals surface area contributed by atoms with Crippen LogP contribution in [0.15, 0.2) is 0 Å². The Labute approximate surface area is 76.6 Å². The Balaban J connectivity index is 2.72. The molecule has 2 atom stereocenters. The van der Waals surface area contributed by atoms with Crippen molar-refractivity contribution in [1.82, 2.24) is 0 Å². The molecule has 0 unspecified atom stereocenters. The summed E-state index contributed by atoms with van der Waals surface area (Å²) in [5.74, 6) is -3.29. The van der Waals surface area contributed by atoms with E-state index in [-0.39, 0.29) is 0 Å². The van der Waals surface area contributed by atoms with Gasteiger partial charge in [-0.05, 0) is 12.8 Å². The van der Waals surface area contributed by atoms with Crippen molar-refractivity contribution < 1.29 is 19.8 Å². The molecule has 0 aromatic carbocycles. The number of aliphatic carboxylic acids is 2. The molecule has 1 saturated carbocycles. The van der Waals surface area contributed by atoms with Crippen molar-refractivity contribution in [3.8, 4) is 0 Å². The minimum Gasteiger partial charge on any atom is -0.481 e. The highest BCUT2D eigenvalue weighted by molar-refractivity contribution is 5.79. The topological polar surface area (TPSA) is 74.6 Å². The molecule has 1 aliphatic carbocycles. The van der Waals surface area contributed by atoms with Gasteiger partial charge < -0.3 is 10.2 Å². The molecule has 0 saturated heterocycles. The average Bonchev–Trinajstić information content (AvgIpc) is 2.27. The Morgan fingerprint density at radius 1 is 0.846 bits per heavy atom. The highest BCUT2D eigenvalue weighted by Gasteiger charge is 2.34. The molecule has 74 valence electrons. The summed E-state index contributed by atoms with van der Waals surface area (Å²) in [5.41, 5.74) is 0. The Bertz CT molecular complexity index is 190. The SMILES string of the molecule is O=C(O)[C@H]1CCCCC[C@@H]1C(=O)O. The van der Waals surface area contributed by atoms with Crippen molar-refractivity contribution in [2.45, 2.75) is 32.1 Å². The highest BCUT2D eigenvalue weighted by atomic mass is 16.4. The largest absolute Gasteiger partial charge is 0.481 e. The normalized spacial score (nSPS) is 29.2. The third-order valence-electron chi connectivity index (χ3n) is 2.65. The summed E-state index contributed by atoms with van der Waals surface area (Å²) in [4.78, 5) is 21.5. The number of hydrogen-bond donors (Lipinski definition) is 2. The molecule has 0 amide bonds. The zero-order chi connectivity index (χ0) is 9.84. The monoisotopic (exact) mass is 186 g/mol. The summed E-state index contributed by atoms with van der Waals surface area (Å²) in [5, 5.41) is 17.6. The predicted octanol–water partition coefficient (Wildman–Crippen LogP) is 1.35. The van der Waals surface area contributed by atoms with Crippen LogP contribution in [-0.4, -0.2) is 22.2 Å². The number of carboxylic acids is 2. The minimum absolute atomic E-state index is 0.506. The maximum atomic E-state index is 10.8. The van der Waals surface area contributed by atoms with Crippen LogP contribution in [0, 0.1) is 11.8 Å². The summed E-state index contributed by atoms with van der Waals surface area (Å²) in [7, 11) is 0. The molecule has 0 spiro atoms. The lowest BCUT2D eigenvalue weighted by Crippen LogP contribution is -2.28. The van der Waals surface area contributed by atoms with Crippen molar-refractivity contribution >= 4 is 11.9 Å². The molecule has 1 aliphatic rings. The van der Waals surface area contributed by atoms with Crippen LogP contribution >= 0.6 is 0 Å². The molecule has 0 radical (unpaired) electrons. The summed E-state index contributed by atoms with van der Waals surface area (Å²) >= 11 is 0. The van der Waals surface area contributed by atoms with Gasteiger partial charge in [0.05, 0.1) is 11.8 Å². The van der Waals surface area contributed by atoms with Gasteiger partial charge >= 0.3 is 11.9 Å². The zero-order valence-electron chi connectivity index (χ0n) is 7.40. The number of rotatable bonds is 2. The number of hydrogen-bond acceptors (Lipinski definition) is 2. The fourth-order valence-electron chi connectivity index (χ4n) is 1.90. The Hall–Kier alpha value is -1.06. The van der Waals surface area contributed by atoms with Gasteiger partial charge in [-0.1, -0.05) is 19.3 Å². The molecule has 0 heterocycles. The molecule has 13 heavy (non-hydrogen) atoms. The van der Waals surface area contributed by atoms with Crippen LogP contribution in [0.1, 0.15) is 32.1 Å². The van der Waals surface area contributed by atoms with Crippen molar-refractivity contribution in [3.63, 3.8) is 0 Å². The van der Waals surface area contributed by atoms with E-state index in [4.69, 9.17) is 10.2 Å². The van der Waals surface area contributed by atoms with E-state index in [0.717, 1.165) is 19.3 Å². The summed E-state index contributed by atoms with van der Waals surface area (Å²) in [6, 6.07) is 0. The van der Waals surface area contributed by atoms with Crippen LogP contribution < -0.4 is 0 Å². The second-order valence-corrected chi connectivity index (χ2v) is 3.53. The Kier molecular flexibility index (Phi) is 3.28. The summed E-state index contributed by atoms with van der Waals surface area (Å²) in [6.45, 7) is 0. The smallest absolute Gasteiger partial charge is 0.307 e. The van der Waals surface area contributed by atoms with Crippen molar-refractivity contribution in [2.75, 3.05) is 0 Å². The standard InChI is InChI=1S/C9H14O4/c10-8(11)6-4-2-1-3-5-7(6)9(12)13/h6-7H,1-5H2,(H,10,11)(H,12,13)/t6-,7-/m0/s1. The molecule has 2 N–H and O–H groups in total. The van der Waals surface area contributed by atoms with E-state index in [1.54, 1.807) is 0 Å². The van der Waals surface area contributed by atoms with Crippen LogP contribution in [0.2, 0.25) is 0 Å². The zero-order valence-corrected chi connectivity index (χ0v) is 7.40. The maximum absolute atomic E-state index is 10.8. The molecule has 1 fully saturated rings. The van der Waals surface area contributed by atoms with Crippen LogP contribution in [0.25, 0.3) is 0 Å². The van der Waals surface area contributed by atoms with Crippen LogP contribution in [-0.2, 0) is 9.59 Å².